The molecule has 0 bridgehead atoms. The van der Waals surface area contributed by atoms with Gasteiger partial charge in [-0.25, -0.2) is 4.98 Å². The van der Waals surface area contributed by atoms with E-state index in [1.165, 1.54) is 18.2 Å². The van der Waals surface area contributed by atoms with Crippen molar-refractivity contribution in [3.05, 3.63) is 64.8 Å². The van der Waals surface area contributed by atoms with E-state index in [1.807, 2.05) is 29.2 Å². The number of rotatable bonds is 6. The monoisotopic (exact) mass is 492 g/mol. The highest BCUT2D eigenvalue weighted by molar-refractivity contribution is 6.30. The number of amides is 1. The minimum absolute atomic E-state index is 0.0279. The fraction of sp³-hybridized carbons (Fsp3) is 0.333. The number of pyridine rings is 1. The normalized spacial score (nSPS) is 15.4. The maximum absolute atomic E-state index is 13.1. The van der Waals surface area contributed by atoms with Gasteiger partial charge < -0.3 is 10.1 Å². The number of carbonyl (C=O) groups excluding carboxylic acids is 1. The van der Waals surface area contributed by atoms with Gasteiger partial charge in [0.2, 0.25) is 5.91 Å². The number of alkyl halides is 3. The Morgan fingerprint density at radius 2 is 1.79 bits per heavy atom. The van der Waals surface area contributed by atoms with Crippen molar-refractivity contribution in [2.24, 2.45) is 0 Å². The summed E-state index contributed by atoms with van der Waals surface area (Å²) in [4.78, 5) is 21.0. The van der Waals surface area contributed by atoms with Crippen LogP contribution in [0.15, 0.2) is 48.5 Å². The van der Waals surface area contributed by atoms with Crippen LogP contribution in [0.25, 0.3) is 10.9 Å². The minimum Gasteiger partial charge on any atom is -0.497 e. The summed E-state index contributed by atoms with van der Waals surface area (Å²) in [6.45, 7) is 3.27. The Kier molecular flexibility index (Phi) is 7.25. The zero-order valence-corrected chi connectivity index (χ0v) is 19.3. The molecule has 1 aliphatic rings. The van der Waals surface area contributed by atoms with E-state index in [-0.39, 0.29) is 12.2 Å². The first-order chi connectivity index (χ1) is 16.2. The van der Waals surface area contributed by atoms with E-state index in [1.54, 1.807) is 7.11 Å². The molecule has 0 atom stereocenters. The van der Waals surface area contributed by atoms with Crippen molar-refractivity contribution < 1.29 is 22.7 Å². The molecule has 34 heavy (non-hydrogen) atoms. The SMILES string of the molecule is COc1ccc2cc(CN3CCN(CC(=O)Nc4ccccc4C(F)(F)F)CC3)c(Cl)nc2c1. The summed E-state index contributed by atoms with van der Waals surface area (Å²) in [6.07, 6.45) is -4.53. The standard InChI is InChI=1S/C24H24ClF3N4O2/c1-34-18-7-6-16-12-17(23(25)30-21(16)13-18)14-31-8-10-32(11-9-31)15-22(33)29-20-5-3-2-4-19(20)24(26,27)28/h2-7,12-13H,8-11,14-15H2,1H3,(H,29,33). The van der Waals surface area contributed by atoms with Crippen LogP contribution >= 0.6 is 11.6 Å². The number of hydrogen-bond acceptors (Lipinski definition) is 5. The molecule has 1 saturated heterocycles. The third-order valence-electron chi connectivity index (χ3n) is 5.78. The van der Waals surface area contributed by atoms with Crippen LogP contribution in [-0.2, 0) is 17.5 Å². The number of methoxy groups -OCH3 is 1. The molecule has 0 radical (unpaired) electrons. The van der Waals surface area contributed by atoms with E-state index in [0.717, 1.165) is 22.5 Å². The predicted molar refractivity (Wildman–Crippen MR) is 125 cm³/mol. The van der Waals surface area contributed by atoms with E-state index in [2.05, 4.69) is 15.2 Å². The Labute approximate surface area is 200 Å². The smallest absolute Gasteiger partial charge is 0.418 e. The van der Waals surface area contributed by atoms with Gasteiger partial charge in [0.25, 0.3) is 0 Å². The van der Waals surface area contributed by atoms with Crippen LogP contribution in [0.3, 0.4) is 0 Å². The highest BCUT2D eigenvalue weighted by Crippen LogP contribution is 2.34. The maximum Gasteiger partial charge on any atom is 0.418 e. The van der Waals surface area contributed by atoms with Crippen molar-refractivity contribution in [1.82, 2.24) is 14.8 Å². The lowest BCUT2D eigenvalue weighted by molar-refractivity contribution is -0.137. The highest BCUT2D eigenvalue weighted by atomic mass is 35.5. The van der Waals surface area contributed by atoms with Crippen LogP contribution in [-0.4, -0.2) is 60.5 Å². The quantitative estimate of drug-likeness (QED) is 0.507. The summed E-state index contributed by atoms with van der Waals surface area (Å²) in [5, 5.41) is 3.80. The second kappa shape index (κ2) is 10.2. The van der Waals surface area contributed by atoms with Crippen molar-refractivity contribution >= 4 is 34.1 Å². The molecule has 180 valence electrons. The fourth-order valence-corrected chi connectivity index (χ4v) is 4.19. The summed E-state index contributed by atoms with van der Waals surface area (Å²) in [5.41, 5.74) is 0.590. The molecular weight excluding hydrogens is 469 g/mol. The van der Waals surface area contributed by atoms with Crippen LogP contribution in [0.4, 0.5) is 18.9 Å². The Balaban J connectivity index is 1.32. The lowest BCUT2D eigenvalue weighted by Crippen LogP contribution is -2.48. The first-order valence-electron chi connectivity index (χ1n) is 10.8. The molecule has 10 heteroatoms. The zero-order chi connectivity index (χ0) is 24.3. The lowest BCUT2D eigenvalue weighted by Gasteiger charge is -2.34. The molecule has 2 aromatic carbocycles. The summed E-state index contributed by atoms with van der Waals surface area (Å²) < 4.78 is 44.7. The van der Waals surface area contributed by atoms with Crippen molar-refractivity contribution in [3.8, 4) is 5.75 Å². The van der Waals surface area contributed by atoms with Crippen molar-refractivity contribution in [2.75, 3.05) is 45.2 Å². The molecule has 0 spiro atoms. The van der Waals surface area contributed by atoms with Crippen molar-refractivity contribution in [1.29, 1.82) is 0 Å². The van der Waals surface area contributed by atoms with Gasteiger partial charge in [0.15, 0.2) is 0 Å². The number of halogens is 4. The van der Waals surface area contributed by atoms with Gasteiger partial charge in [-0.05, 0) is 30.3 Å². The number of aromatic nitrogens is 1. The Hall–Kier alpha value is -2.88. The largest absolute Gasteiger partial charge is 0.497 e. The number of nitrogens with one attached hydrogen (secondary N) is 1. The Morgan fingerprint density at radius 3 is 2.50 bits per heavy atom. The number of nitrogens with zero attached hydrogens (tertiary/aromatic N) is 3. The summed E-state index contributed by atoms with van der Waals surface area (Å²) >= 11 is 6.42. The van der Waals surface area contributed by atoms with Gasteiger partial charge in [0.1, 0.15) is 10.9 Å². The van der Waals surface area contributed by atoms with Gasteiger partial charge in [-0.15, -0.1) is 0 Å². The van der Waals surface area contributed by atoms with Crippen molar-refractivity contribution in [2.45, 2.75) is 12.7 Å². The molecule has 1 aliphatic heterocycles. The summed E-state index contributed by atoms with van der Waals surface area (Å²) in [7, 11) is 1.60. The first-order valence-corrected chi connectivity index (χ1v) is 11.1. The van der Waals surface area contributed by atoms with Gasteiger partial charge in [0.05, 0.1) is 30.4 Å². The van der Waals surface area contributed by atoms with Crippen LogP contribution < -0.4 is 10.1 Å². The number of piperazine rings is 1. The number of carbonyl (C=O) groups is 1. The van der Waals surface area contributed by atoms with E-state index in [4.69, 9.17) is 16.3 Å². The van der Waals surface area contributed by atoms with Crippen LogP contribution in [0.5, 0.6) is 5.75 Å². The molecule has 6 nitrogen and oxygen atoms in total. The predicted octanol–water partition coefficient (Wildman–Crippen LogP) is 4.67. The van der Waals surface area contributed by atoms with Crippen LogP contribution in [0.2, 0.25) is 5.15 Å². The number of ether oxygens (including phenoxy) is 1. The van der Waals surface area contributed by atoms with Gasteiger partial charge in [-0.3, -0.25) is 14.6 Å². The number of benzene rings is 2. The second-order valence-electron chi connectivity index (χ2n) is 8.14. The van der Waals surface area contributed by atoms with Gasteiger partial charge >= 0.3 is 6.18 Å². The molecule has 1 aromatic heterocycles. The molecule has 0 saturated carbocycles. The lowest BCUT2D eigenvalue weighted by atomic mass is 10.1. The average molecular weight is 493 g/mol. The van der Waals surface area contributed by atoms with E-state index in [9.17, 15) is 18.0 Å². The van der Waals surface area contributed by atoms with Crippen LogP contribution in [0.1, 0.15) is 11.1 Å². The summed E-state index contributed by atoms with van der Waals surface area (Å²) in [5.74, 6) is 0.244. The third-order valence-corrected chi connectivity index (χ3v) is 6.11. The maximum atomic E-state index is 13.1. The van der Waals surface area contributed by atoms with Crippen molar-refractivity contribution in [3.63, 3.8) is 0 Å². The van der Waals surface area contributed by atoms with Gasteiger partial charge in [-0.2, -0.15) is 13.2 Å². The number of hydrogen-bond donors (Lipinski definition) is 1. The summed E-state index contributed by atoms with van der Waals surface area (Å²) in [6, 6.07) is 12.6. The molecule has 2 heterocycles. The number of para-hydroxylation sites is 1. The zero-order valence-electron chi connectivity index (χ0n) is 18.5. The molecule has 4 rings (SSSR count). The van der Waals surface area contributed by atoms with Crippen LogP contribution in [0, 0.1) is 0 Å². The molecule has 1 N–H and O–H groups in total. The number of anilines is 1. The third kappa shape index (κ3) is 5.78. The molecule has 1 fully saturated rings. The Bertz CT molecular complexity index is 1180. The number of fused-ring (bicyclic) bond motifs is 1. The average Bonchev–Trinajstić information content (AvgIpc) is 2.80. The van der Waals surface area contributed by atoms with E-state index >= 15 is 0 Å². The topological polar surface area (TPSA) is 57.7 Å². The van der Waals surface area contributed by atoms with E-state index < -0.39 is 17.6 Å². The fourth-order valence-electron chi connectivity index (χ4n) is 3.98. The minimum atomic E-state index is -4.53. The molecule has 3 aromatic rings. The highest BCUT2D eigenvalue weighted by Gasteiger charge is 2.33. The first kappa shape index (κ1) is 24.3. The Morgan fingerprint density at radius 1 is 1.09 bits per heavy atom. The van der Waals surface area contributed by atoms with Gasteiger partial charge in [0, 0.05) is 49.7 Å². The molecule has 1 amide bonds. The van der Waals surface area contributed by atoms with Gasteiger partial charge in [-0.1, -0.05) is 23.7 Å². The molecule has 0 aliphatic carbocycles. The van der Waals surface area contributed by atoms with E-state index in [0.29, 0.717) is 43.6 Å². The molecule has 0 unspecified atom stereocenters. The molecular formula is C24H24ClF3N4O2. The second-order valence-corrected chi connectivity index (χ2v) is 8.50.